The third kappa shape index (κ3) is 2.22. The molecule has 0 saturated carbocycles. The van der Waals surface area contributed by atoms with Crippen molar-refractivity contribution in [3.63, 3.8) is 0 Å². The SMILES string of the molecule is CNC(CCl)c1ccccc1Br. The lowest BCUT2D eigenvalue weighted by molar-refractivity contribution is 0.656. The molecule has 0 fully saturated rings. The molecule has 0 aliphatic heterocycles. The first kappa shape index (κ1) is 10.0. The smallest absolute Gasteiger partial charge is 0.0466 e. The van der Waals surface area contributed by atoms with Crippen molar-refractivity contribution >= 4 is 27.5 Å². The number of rotatable bonds is 3. The van der Waals surface area contributed by atoms with Gasteiger partial charge in [-0.3, -0.25) is 0 Å². The molecule has 1 nitrogen and oxygen atoms in total. The molecule has 0 bridgehead atoms. The first-order chi connectivity index (χ1) is 5.79. The van der Waals surface area contributed by atoms with Crippen LogP contribution >= 0.6 is 27.5 Å². The molecule has 0 radical (unpaired) electrons. The number of halogens is 2. The van der Waals surface area contributed by atoms with E-state index in [1.165, 1.54) is 5.56 Å². The van der Waals surface area contributed by atoms with Crippen LogP contribution in [0.15, 0.2) is 28.7 Å². The molecular formula is C9H11BrClN. The van der Waals surface area contributed by atoms with E-state index in [9.17, 15) is 0 Å². The van der Waals surface area contributed by atoms with Crippen molar-refractivity contribution in [1.29, 1.82) is 0 Å². The van der Waals surface area contributed by atoms with Gasteiger partial charge in [0, 0.05) is 16.4 Å². The van der Waals surface area contributed by atoms with Crippen LogP contribution in [0.4, 0.5) is 0 Å². The van der Waals surface area contributed by atoms with Crippen LogP contribution in [0, 0.1) is 0 Å². The fraction of sp³-hybridized carbons (Fsp3) is 0.333. The number of hydrogen-bond donors (Lipinski definition) is 1. The summed E-state index contributed by atoms with van der Waals surface area (Å²) in [6.07, 6.45) is 0. The van der Waals surface area contributed by atoms with Gasteiger partial charge in [0.1, 0.15) is 0 Å². The normalized spacial score (nSPS) is 12.9. The minimum absolute atomic E-state index is 0.224. The van der Waals surface area contributed by atoms with Crippen LogP contribution < -0.4 is 5.32 Å². The van der Waals surface area contributed by atoms with Gasteiger partial charge in [-0.1, -0.05) is 34.1 Å². The van der Waals surface area contributed by atoms with Gasteiger partial charge in [0.25, 0.3) is 0 Å². The maximum absolute atomic E-state index is 5.79. The standard InChI is InChI=1S/C9H11BrClN/c1-12-9(6-11)7-4-2-3-5-8(7)10/h2-5,9,12H,6H2,1H3. The Bertz CT molecular complexity index is 248. The molecule has 3 heteroatoms. The third-order valence-corrected chi connectivity index (χ3v) is 2.81. The lowest BCUT2D eigenvalue weighted by Crippen LogP contribution is -2.17. The Labute approximate surface area is 86.2 Å². The maximum atomic E-state index is 5.79. The monoisotopic (exact) mass is 247 g/mol. The highest BCUT2D eigenvalue weighted by Gasteiger charge is 2.09. The molecule has 0 spiro atoms. The van der Waals surface area contributed by atoms with Gasteiger partial charge in [-0.2, -0.15) is 0 Å². The van der Waals surface area contributed by atoms with Crippen LogP contribution in [0.1, 0.15) is 11.6 Å². The van der Waals surface area contributed by atoms with E-state index in [1.54, 1.807) is 0 Å². The molecule has 1 N–H and O–H groups in total. The molecule has 0 heterocycles. The highest BCUT2D eigenvalue weighted by molar-refractivity contribution is 9.10. The molecule has 0 saturated heterocycles. The van der Waals surface area contributed by atoms with Crippen molar-refractivity contribution in [2.75, 3.05) is 12.9 Å². The van der Waals surface area contributed by atoms with E-state index >= 15 is 0 Å². The fourth-order valence-corrected chi connectivity index (χ4v) is 1.96. The van der Waals surface area contributed by atoms with Crippen molar-refractivity contribution < 1.29 is 0 Å². The Morgan fingerprint density at radius 2 is 2.17 bits per heavy atom. The summed E-state index contributed by atoms with van der Waals surface area (Å²) in [4.78, 5) is 0. The molecule has 0 amide bonds. The quantitative estimate of drug-likeness (QED) is 0.811. The van der Waals surface area contributed by atoms with Crippen LogP contribution in [0.25, 0.3) is 0 Å². The summed E-state index contributed by atoms with van der Waals surface area (Å²) in [5, 5.41) is 3.15. The molecule has 1 atom stereocenters. The summed E-state index contributed by atoms with van der Waals surface area (Å²) in [5.41, 5.74) is 1.20. The van der Waals surface area contributed by atoms with E-state index in [1.807, 2.05) is 25.2 Å². The largest absolute Gasteiger partial charge is 0.312 e. The van der Waals surface area contributed by atoms with Crippen molar-refractivity contribution in [1.82, 2.24) is 5.32 Å². The van der Waals surface area contributed by atoms with Crippen molar-refractivity contribution in [3.8, 4) is 0 Å². The van der Waals surface area contributed by atoms with E-state index in [0.29, 0.717) is 5.88 Å². The molecule has 1 rings (SSSR count). The minimum atomic E-state index is 0.224. The van der Waals surface area contributed by atoms with E-state index in [-0.39, 0.29) is 6.04 Å². The molecular weight excluding hydrogens is 237 g/mol. The van der Waals surface area contributed by atoms with Gasteiger partial charge in [-0.05, 0) is 18.7 Å². The summed E-state index contributed by atoms with van der Waals surface area (Å²) in [5.74, 6) is 0.582. The second-order valence-corrected chi connectivity index (χ2v) is 3.68. The molecule has 1 aromatic carbocycles. The Hall–Kier alpha value is -0.0500. The van der Waals surface area contributed by atoms with Gasteiger partial charge in [-0.15, -0.1) is 11.6 Å². The highest BCUT2D eigenvalue weighted by Crippen LogP contribution is 2.23. The molecule has 66 valence electrons. The van der Waals surface area contributed by atoms with Gasteiger partial charge in [0.05, 0.1) is 0 Å². The van der Waals surface area contributed by atoms with Gasteiger partial charge in [-0.25, -0.2) is 0 Å². The summed E-state index contributed by atoms with van der Waals surface area (Å²) < 4.78 is 1.10. The molecule has 0 aromatic heterocycles. The Morgan fingerprint density at radius 3 is 2.67 bits per heavy atom. The average Bonchev–Trinajstić information content (AvgIpc) is 2.10. The molecule has 1 unspecified atom stereocenters. The zero-order valence-corrected chi connectivity index (χ0v) is 9.19. The van der Waals surface area contributed by atoms with Crippen LogP contribution in [-0.2, 0) is 0 Å². The lowest BCUT2D eigenvalue weighted by Gasteiger charge is -2.14. The van der Waals surface area contributed by atoms with Crippen molar-refractivity contribution in [2.45, 2.75) is 6.04 Å². The van der Waals surface area contributed by atoms with Gasteiger partial charge in [0.15, 0.2) is 0 Å². The predicted molar refractivity (Wildman–Crippen MR) is 56.7 cm³/mol. The van der Waals surface area contributed by atoms with Crippen LogP contribution in [0.5, 0.6) is 0 Å². The number of hydrogen-bond acceptors (Lipinski definition) is 1. The van der Waals surface area contributed by atoms with Crippen LogP contribution in [0.2, 0.25) is 0 Å². The summed E-state index contributed by atoms with van der Waals surface area (Å²) >= 11 is 9.27. The summed E-state index contributed by atoms with van der Waals surface area (Å²) in [7, 11) is 1.91. The minimum Gasteiger partial charge on any atom is -0.312 e. The number of alkyl halides is 1. The van der Waals surface area contributed by atoms with Crippen LogP contribution in [-0.4, -0.2) is 12.9 Å². The first-order valence-corrected chi connectivity index (χ1v) is 5.10. The van der Waals surface area contributed by atoms with Crippen molar-refractivity contribution in [3.05, 3.63) is 34.3 Å². The van der Waals surface area contributed by atoms with Gasteiger partial charge in [0.2, 0.25) is 0 Å². The van der Waals surface area contributed by atoms with Crippen LogP contribution in [0.3, 0.4) is 0 Å². The molecule has 12 heavy (non-hydrogen) atoms. The Balaban J connectivity index is 2.92. The summed E-state index contributed by atoms with van der Waals surface area (Å²) in [6.45, 7) is 0. The molecule has 1 aromatic rings. The molecule has 0 aliphatic carbocycles. The lowest BCUT2D eigenvalue weighted by atomic mass is 10.1. The van der Waals surface area contributed by atoms with E-state index in [0.717, 1.165) is 4.47 Å². The Morgan fingerprint density at radius 1 is 1.50 bits per heavy atom. The average molecular weight is 249 g/mol. The molecule has 0 aliphatic rings. The zero-order valence-electron chi connectivity index (χ0n) is 6.85. The van der Waals surface area contributed by atoms with Gasteiger partial charge >= 0.3 is 0 Å². The zero-order chi connectivity index (χ0) is 8.97. The predicted octanol–water partition coefficient (Wildman–Crippen LogP) is 2.95. The Kier molecular flexibility index (Phi) is 4.06. The second-order valence-electron chi connectivity index (χ2n) is 2.52. The fourth-order valence-electron chi connectivity index (χ4n) is 1.07. The first-order valence-electron chi connectivity index (χ1n) is 3.77. The van der Waals surface area contributed by atoms with E-state index in [4.69, 9.17) is 11.6 Å². The second kappa shape index (κ2) is 4.85. The third-order valence-electron chi connectivity index (χ3n) is 1.78. The van der Waals surface area contributed by atoms with Gasteiger partial charge < -0.3 is 5.32 Å². The number of benzene rings is 1. The van der Waals surface area contributed by atoms with E-state index < -0.39 is 0 Å². The van der Waals surface area contributed by atoms with E-state index in [2.05, 4.69) is 27.3 Å². The topological polar surface area (TPSA) is 12.0 Å². The summed E-state index contributed by atoms with van der Waals surface area (Å²) in [6, 6.07) is 8.31. The number of nitrogens with one attached hydrogen (secondary N) is 1. The maximum Gasteiger partial charge on any atom is 0.0466 e. The highest BCUT2D eigenvalue weighted by atomic mass is 79.9. The van der Waals surface area contributed by atoms with Crippen molar-refractivity contribution in [2.24, 2.45) is 0 Å².